The minimum Gasteiger partial charge on any atom is -0.395 e. The summed E-state index contributed by atoms with van der Waals surface area (Å²) in [5, 5.41) is 13.8. The van der Waals surface area contributed by atoms with Crippen LogP contribution in [0.1, 0.15) is 43.9 Å². The van der Waals surface area contributed by atoms with Gasteiger partial charge >= 0.3 is 0 Å². The van der Waals surface area contributed by atoms with Crippen molar-refractivity contribution in [2.24, 2.45) is 0 Å². The van der Waals surface area contributed by atoms with Crippen LogP contribution < -0.4 is 0 Å². The summed E-state index contributed by atoms with van der Waals surface area (Å²) in [6.07, 6.45) is 4.43. The van der Waals surface area contributed by atoms with Gasteiger partial charge in [0.1, 0.15) is 0 Å². The van der Waals surface area contributed by atoms with Crippen LogP contribution in [-0.4, -0.2) is 21.5 Å². The Balaban J connectivity index is 1.92. The van der Waals surface area contributed by atoms with E-state index in [1.807, 2.05) is 24.7 Å². The Labute approximate surface area is 113 Å². The van der Waals surface area contributed by atoms with E-state index in [-0.39, 0.29) is 12.0 Å². The van der Waals surface area contributed by atoms with E-state index in [0.717, 1.165) is 11.3 Å². The maximum atomic E-state index is 9.41. The van der Waals surface area contributed by atoms with E-state index in [4.69, 9.17) is 0 Å². The molecule has 1 aromatic heterocycles. The number of nitrogens with zero attached hydrogens (tertiary/aromatic N) is 2. The van der Waals surface area contributed by atoms with Gasteiger partial charge in [-0.2, -0.15) is 5.10 Å². The van der Waals surface area contributed by atoms with Crippen molar-refractivity contribution in [2.45, 2.75) is 38.0 Å². The molecule has 19 heavy (non-hydrogen) atoms. The third-order valence-electron chi connectivity index (χ3n) is 3.96. The lowest BCUT2D eigenvalue weighted by molar-refractivity contribution is 0.218. The number of hydrogen-bond acceptors (Lipinski definition) is 2. The van der Waals surface area contributed by atoms with Crippen LogP contribution in [0.25, 0.3) is 5.69 Å². The zero-order valence-corrected chi connectivity index (χ0v) is 11.5. The molecule has 3 heteroatoms. The molecule has 1 fully saturated rings. The summed E-state index contributed by atoms with van der Waals surface area (Å²) in [7, 11) is 0. The number of hydrogen-bond donors (Lipinski definition) is 1. The third kappa shape index (κ3) is 2.30. The zero-order chi connectivity index (χ0) is 13.5. The van der Waals surface area contributed by atoms with Crippen LogP contribution in [0.2, 0.25) is 0 Å². The maximum Gasteiger partial charge on any atom is 0.0649 e. The molecule has 0 amide bonds. The molecule has 1 saturated carbocycles. The molecule has 0 atom stereocenters. The fourth-order valence-corrected chi connectivity index (χ4v) is 2.36. The Morgan fingerprint density at radius 1 is 1.21 bits per heavy atom. The van der Waals surface area contributed by atoms with Gasteiger partial charge in [-0.1, -0.05) is 26.0 Å². The summed E-state index contributed by atoms with van der Waals surface area (Å²) in [6.45, 7) is 4.25. The quantitative estimate of drug-likeness (QED) is 0.913. The number of benzene rings is 1. The van der Waals surface area contributed by atoms with Gasteiger partial charge < -0.3 is 5.11 Å². The van der Waals surface area contributed by atoms with Crippen molar-refractivity contribution in [3.05, 3.63) is 47.8 Å². The summed E-state index contributed by atoms with van der Waals surface area (Å²) in [6, 6.07) is 10.5. The Morgan fingerprint density at radius 2 is 1.89 bits per heavy atom. The topological polar surface area (TPSA) is 38.0 Å². The lowest BCUT2D eigenvalue weighted by atomic mass is 9.85. The Hall–Kier alpha value is -1.61. The summed E-state index contributed by atoms with van der Waals surface area (Å²) >= 11 is 0. The highest BCUT2D eigenvalue weighted by molar-refractivity contribution is 5.38. The van der Waals surface area contributed by atoms with E-state index in [2.05, 4.69) is 35.4 Å². The fraction of sp³-hybridized carbons (Fsp3) is 0.438. The van der Waals surface area contributed by atoms with Gasteiger partial charge in [0, 0.05) is 23.2 Å². The SMILES string of the molecule is CC(C)(CO)c1ccc(-n2nccc2C2CC2)cc1. The Kier molecular flexibility index (Phi) is 2.94. The number of aromatic nitrogens is 2. The molecule has 0 aliphatic heterocycles. The van der Waals surface area contributed by atoms with Gasteiger partial charge in [0.2, 0.25) is 0 Å². The standard InChI is InChI=1S/C16H20N2O/c1-16(2,11-19)13-5-7-14(8-6-13)18-15(9-10-17-18)12-3-4-12/h5-10,12,19H,3-4,11H2,1-2H3. The molecule has 0 bridgehead atoms. The van der Waals surface area contributed by atoms with E-state index in [0.29, 0.717) is 5.92 Å². The van der Waals surface area contributed by atoms with Gasteiger partial charge in [0.05, 0.1) is 12.3 Å². The van der Waals surface area contributed by atoms with Gasteiger partial charge in [-0.3, -0.25) is 0 Å². The smallest absolute Gasteiger partial charge is 0.0649 e. The molecule has 0 radical (unpaired) electrons. The first-order valence-electron chi connectivity index (χ1n) is 6.87. The molecule has 100 valence electrons. The van der Waals surface area contributed by atoms with Crippen LogP contribution >= 0.6 is 0 Å². The molecule has 1 aliphatic carbocycles. The zero-order valence-electron chi connectivity index (χ0n) is 11.5. The molecule has 0 unspecified atom stereocenters. The lowest BCUT2D eigenvalue weighted by Gasteiger charge is -2.22. The highest BCUT2D eigenvalue weighted by atomic mass is 16.3. The summed E-state index contributed by atoms with van der Waals surface area (Å²) in [4.78, 5) is 0. The number of aliphatic hydroxyl groups is 1. The van der Waals surface area contributed by atoms with Gasteiger partial charge in [-0.05, 0) is 36.6 Å². The predicted molar refractivity (Wildman–Crippen MR) is 75.7 cm³/mol. The highest BCUT2D eigenvalue weighted by Gasteiger charge is 2.27. The highest BCUT2D eigenvalue weighted by Crippen LogP contribution is 2.40. The van der Waals surface area contributed by atoms with Crippen molar-refractivity contribution < 1.29 is 5.11 Å². The van der Waals surface area contributed by atoms with Gasteiger partial charge in [0.15, 0.2) is 0 Å². The largest absolute Gasteiger partial charge is 0.395 e. The minimum absolute atomic E-state index is 0.154. The van der Waals surface area contributed by atoms with Crippen LogP contribution in [-0.2, 0) is 5.41 Å². The normalized spacial score (nSPS) is 15.7. The van der Waals surface area contributed by atoms with Gasteiger partial charge in [-0.25, -0.2) is 4.68 Å². The van der Waals surface area contributed by atoms with Crippen molar-refractivity contribution >= 4 is 0 Å². The molecular weight excluding hydrogens is 236 g/mol. The minimum atomic E-state index is -0.192. The van der Waals surface area contributed by atoms with Crippen LogP contribution in [0.5, 0.6) is 0 Å². The van der Waals surface area contributed by atoms with Crippen LogP contribution in [0.15, 0.2) is 36.5 Å². The fourth-order valence-electron chi connectivity index (χ4n) is 2.36. The first-order valence-corrected chi connectivity index (χ1v) is 6.87. The van der Waals surface area contributed by atoms with Gasteiger partial charge in [-0.15, -0.1) is 0 Å². The summed E-state index contributed by atoms with van der Waals surface area (Å²) < 4.78 is 2.04. The first kappa shape index (κ1) is 12.4. The molecule has 2 aromatic rings. The third-order valence-corrected chi connectivity index (χ3v) is 3.96. The molecule has 3 rings (SSSR count). The predicted octanol–water partition coefficient (Wildman–Crippen LogP) is 3.02. The molecule has 0 saturated heterocycles. The van der Waals surface area contributed by atoms with Gasteiger partial charge in [0.25, 0.3) is 0 Å². The maximum absolute atomic E-state index is 9.41. The van der Waals surface area contributed by atoms with Crippen molar-refractivity contribution in [1.82, 2.24) is 9.78 Å². The van der Waals surface area contributed by atoms with Crippen molar-refractivity contribution in [3.63, 3.8) is 0 Å². The van der Waals surface area contributed by atoms with Crippen LogP contribution in [0.3, 0.4) is 0 Å². The van der Waals surface area contributed by atoms with Crippen molar-refractivity contribution in [2.75, 3.05) is 6.61 Å². The first-order chi connectivity index (χ1) is 9.12. The van der Waals surface area contributed by atoms with Crippen molar-refractivity contribution in [1.29, 1.82) is 0 Å². The molecule has 1 N–H and O–H groups in total. The van der Waals surface area contributed by atoms with E-state index in [9.17, 15) is 5.11 Å². The van der Waals surface area contributed by atoms with Crippen molar-refractivity contribution in [3.8, 4) is 5.69 Å². The second-order valence-corrected chi connectivity index (χ2v) is 6.03. The molecular formula is C16H20N2O. The molecule has 1 aliphatic rings. The van der Waals surface area contributed by atoms with E-state index >= 15 is 0 Å². The molecule has 1 aromatic carbocycles. The molecule has 3 nitrogen and oxygen atoms in total. The Morgan fingerprint density at radius 3 is 2.47 bits per heavy atom. The molecule has 0 spiro atoms. The average molecular weight is 256 g/mol. The molecule has 1 heterocycles. The monoisotopic (exact) mass is 256 g/mol. The second kappa shape index (κ2) is 4.49. The summed E-state index contributed by atoms with van der Waals surface area (Å²) in [5.41, 5.74) is 3.37. The van der Waals surface area contributed by atoms with E-state index < -0.39 is 0 Å². The van der Waals surface area contributed by atoms with E-state index in [1.165, 1.54) is 18.5 Å². The second-order valence-electron chi connectivity index (χ2n) is 6.03. The van der Waals surface area contributed by atoms with E-state index in [1.54, 1.807) is 0 Å². The van der Waals surface area contributed by atoms with Crippen LogP contribution in [0, 0.1) is 0 Å². The number of rotatable bonds is 4. The lowest BCUT2D eigenvalue weighted by Crippen LogP contribution is -2.21. The van der Waals surface area contributed by atoms with Crippen LogP contribution in [0.4, 0.5) is 0 Å². The number of aliphatic hydroxyl groups excluding tert-OH is 1. The average Bonchev–Trinajstić information content (AvgIpc) is 3.16. The summed E-state index contributed by atoms with van der Waals surface area (Å²) in [5.74, 6) is 0.691. The Bertz CT molecular complexity index is 565.